The number of carbonyl (C=O) groups excluding carboxylic acids is 1. The van der Waals surface area contributed by atoms with Gasteiger partial charge in [0.05, 0.1) is 13.7 Å². The predicted molar refractivity (Wildman–Crippen MR) is 62.4 cm³/mol. The van der Waals surface area contributed by atoms with Gasteiger partial charge in [0.1, 0.15) is 0 Å². The molecule has 1 N–H and O–H groups in total. The van der Waals surface area contributed by atoms with Crippen LogP contribution in [0.3, 0.4) is 0 Å². The fraction of sp³-hybridized carbons (Fsp3) is 0.900. The van der Waals surface area contributed by atoms with Crippen molar-refractivity contribution >= 4 is 18.4 Å². The van der Waals surface area contributed by atoms with E-state index in [4.69, 9.17) is 0 Å². The van der Waals surface area contributed by atoms with Crippen LogP contribution in [0.1, 0.15) is 13.3 Å². The summed E-state index contributed by atoms with van der Waals surface area (Å²) >= 11 is 0. The molecule has 1 aliphatic rings. The van der Waals surface area contributed by atoms with Crippen LogP contribution in [0, 0.1) is 5.41 Å². The molecule has 90 valence electrons. The van der Waals surface area contributed by atoms with Gasteiger partial charge in [-0.3, -0.25) is 9.69 Å². The van der Waals surface area contributed by atoms with Crippen molar-refractivity contribution in [3.63, 3.8) is 0 Å². The molecule has 1 aliphatic heterocycles. The molecule has 0 radical (unpaired) electrons. The smallest absolute Gasteiger partial charge is 0.319 e. The van der Waals surface area contributed by atoms with Crippen molar-refractivity contribution in [2.45, 2.75) is 13.3 Å². The highest BCUT2D eigenvalue weighted by atomic mass is 35.5. The van der Waals surface area contributed by atoms with E-state index in [9.17, 15) is 4.79 Å². The van der Waals surface area contributed by atoms with Crippen LogP contribution in [0.5, 0.6) is 0 Å². The van der Waals surface area contributed by atoms with Gasteiger partial charge in [-0.05, 0) is 25.4 Å². The van der Waals surface area contributed by atoms with Crippen LogP contribution >= 0.6 is 12.4 Å². The molecule has 1 heterocycles. The van der Waals surface area contributed by atoms with Gasteiger partial charge in [-0.1, -0.05) is 6.92 Å². The summed E-state index contributed by atoms with van der Waals surface area (Å²) in [5, 5.41) is 3.34. The van der Waals surface area contributed by atoms with Gasteiger partial charge in [0, 0.05) is 13.1 Å². The average molecular weight is 237 g/mol. The molecule has 0 saturated carbocycles. The molecule has 1 saturated heterocycles. The van der Waals surface area contributed by atoms with Crippen LogP contribution in [0.2, 0.25) is 0 Å². The second-order valence-electron chi connectivity index (χ2n) is 4.49. The van der Waals surface area contributed by atoms with Gasteiger partial charge in [0.2, 0.25) is 0 Å². The molecule has 0 aromatic heterocycles. The third-order valence-corrected chi connectivity index (χ3v) is 2.74. The first kappa shape index (κ1) is 14.7. The lowest BCUT2D eigenvalue weighted by Crippen LogP contribution is -2.38. The highest BCUT2D eigenvalue weighted by Gasteiger charge is 2.29. The zero-order valence-corrected chi connectivity index (χ0v) is 10.5. The zero-order chi connectivity index (χ0) is 10.6. The van der Waals surface area contributed by atoms with E-state index in [1.165, 1.54) is 13.5 Å². The van der Waals surface area contributed by atoms with Gasteiger partial charge >= 0.3 is 5.97 Å². The summed E-state index contributed by atoms with van der Waals surface area (Å²) in [5.74, 6) is -0.165. The standard InChI is InChI=1S/C10H20N2O2.ClH/c1-10(4-5-11-7-10)8-12(2)6-9(13)14-3;/h11H,4-8H2,1-3H3;1H. The number of nitrogens with zero attached hydrogens (tertiary/aromatic N) is 1. The van der Waals surface area contributed by atoms with E-state index in [-0.39, 0.29) is 18.4 Å². The van der Waals surface area contributed by atoms with Gasteiger partial charge in [-0.2, -0.15) is 0 Å². The van der Waals surface area contributed by atoms with E-state index >= 15 is 0 Å². The van der Waals surface area contributed by atoms with Gasteiger partial charge in [-0.15, -0.1) is 12.4 Å². The van der Waals surface area contributed by atoms with Crippen LogP contribution in [0.25, 0.3) is 0 Å². The van der Waals surface area contributed by atoms with Gasteiger partial charge in [0.15, 0.2) is 0 Å². The number of methoxy groups -OCH3 is 1. The first-order valence-corrected chi connectivity index (χ1v) is 5.02. The van der Waals surface area contributed by atoms with Crippen LogP contribution in [0.15, 0.2) is 0 Å². The number of halogens is 1. The molecule has 4 nitrogen and oxygen atoms in total. The van der Waals surface area contributed by atoms with E-state index in [0.717, 1.165) is 19.6 Å². The maximum Gasteiger partial charge on any atom is 0.319 e. The number of likely N-dealkylation sites (N-methyl/N-ethyl adjacent to an activating group) is 1. The number of rotatable bonds is 4. The SMILES string of the molecule is COC(=O)CN(C)CC1(C)CCNC1.Cl. The highest BCUT2D eigenvalue weighted by Crippen LogP contribution is 2.24. The van der Waals surface area contributed by atoms with Crippen molar-refractivity contribution in [3.8, 4) is 0 Å². The maximum atomic E-state index is 11.0. The zero-order valence-electron chi connectivity index (χ0n) is 9.71. The normalized spacial score (nSPS) is 25.1. The molecular weight excluding hydrogens is 216 g/mol. The quantitative estimate of drug-likeness (QED) is 0.723. The summed E-state index contributed by atoms with van der Waals surface area (Å²) in [6.45, 7) is 5.70. The number of hydrogen-bond donors (Lipinski definition) is 1. The Bertz CT molecular complexity index is 206. The Morgan fingerprint density at radius 3 is 2.73 bits per heavy atom. The van der Waals surface area contributed by atoms with E-state index in [1.54, 1.807) is 0 Å². The van der Waals surface area contributed by atoms with Crippen molar-refractivity contribution in [1.82, 2.24) is 10.2 Å². The Morgan fingerprint density at radius 2 is 2.27 bits per heavy atom. The lowest BCUT2D eigenvalue weighted by atomic mass is 9.89. The maximum absolute atomic E-state index is 11.0. The van der Waals surface area contributed by atoms with Crippen molar-refractivity contribution < 1.29 is 9.53 Å². The van der Waals surface area contributed by atoms with Crippen molar-refractivity contribution in [2.24, 2.45) is 5.41 Å². The topological polar surface area (TPSA) is 41.6 Å². The summed E-state index contributed by atoms with van der Waals surface area (Å²) in [6, 6.07) is 0. The summed E-state index contributed by atoms with van der Waals surface area (Å²) in [4.78, 5) is 13.0. The minimum atomic E-state index is -0.165. The molecule has 0 bridgehead atoms. The number of ether oxygens (including phenoxy) is 1. The third kappa shape index (κ3) is 4.82. The highest BCUT2D eigenvalue weighted by molar-refractivity contribution is 5.85. The minimum Gasteiger partial charge on any atom is -0.468 e. The Balaban J connectivity index is 0.00000196. The summed E-state index contributed by atoms with van der Waals surface area (Å²) < 4.78 is 4.62. The molecule has 1 unspecified atom stereocenters. The summed E-state index contributed by atoms with van der Waals surface area (Å²) in [5.41, 5.74) is 0.308. The largest absolute Gasteiger partial charge is 0.468 e. The Morgan fingerprint density at radius 1 is 1.60 bits per heavy atom. The molecule has 0 aliphatic carbocycles. The minimum absolute atomic E-state index is 0. The lowest BCUT2D eigenvalue weighted by molar-refractivity contribution is -0.141. The number of hydrogen-bond acceptors (Lipinski definition) is 4. The fourth-order valence-electron chi connectivity index (χ4n) is 2.00. The molecule has 0 aromatic rings. The van der Waals surface area contributed by atoms with Crippen molar-refractivity contribution in [1.29, 1.82) is 0 Å². The number of carbonyl (C=O) groups is 1. The molecule has 0 spiro atoms. The van der Waals surface area contributed by atoms with Crippen molar-refractivity contribution in [2.75, 3.05) is 40.3 Å². The van der Waals surface area contributed by atoms with Crippen LogP contribution in [-0.2, 0) is 9.53 Å². The van der Waals surface area contributed by atoms with E-state index in [0.29, 0.717) is 12.0 Å². The molecule has 15 heavy (non-hydrogen) atoms. The first-order valence-electron chi connectivity index (χ1n) is 5.02. The monoisotopic (exact) mass is 236 g/mol. The van der Waals surface area contributed by atoms with Crippen LogP contribution < -0.4 is 5.32 Å². The number of esters is 1. The Labute approximate surface area is 97.8 Å². The van der Waals surface area contributed by atoms with Gasteiger partial charge in [-0.25, -0.2) is 0 Å². The van der Waals surface area contributed by atoms with E-state index in [1.807, 2.05) is 11.9 Å². The Kier molecular flexibility index (Phi) is 6.17. The molecule has 1 rings (SSSR count). The van der Waals surface area contributed by atoms with Crippen LogP contribution in [-0.4, -0.2) is 51.2 Å². The fourth-order valence-corrected chi connectivity index (χ4v) is 2.00. The lowest BCUT2D eigenvalue weighted by Gasteiger charge is -2.28. The van der Waals surface area contributed by atoms with Gasteiger partial charge < -0.3 is 10.1 Å². The molecule has 0 aromatic carbocycles. The van der Waals surface area contributed by atoms with Crippen LogP contribution in [0.4, 0.5) is 0 Å². The second-order valence-corrected chi connectivity index (χ2v) is 4.49. The number of nitrogens with one attached hydrogen (secondary N) is 1. The first-order chi connectivity index (χ1) is 6.56. The van der Waals surface area contributed by atoms with E-state index in [2.05, 4.69) is 17.0 Å². The predicted octanol–water partition coefficient (Wildman–Crippen LogP) is 0.513. The van der Waals surface area contributed by atoms with E-state index < -0.39 is 0 Å². The molecule has 5 heteroatoms. The third-order valence-electron chi connectivity index (χ3n) is 2.74. The van der Waals surface area contributed by atoms with Crippen molar-refractivity contribution in [3.05, 3.63) is 0 Å². The molecule has 0 amide bonds. The average Bonchev–Trinajstić information content (AvgIpc) is 2.51. The summed E-state index contributed by atoms with van der Waals surface area (Å²) in [7, 11) is 3.38. The second kappa shape index (κ2) is 6.30. The summed E-state index contributed by atoms with van der Waals surface area (Å²) in [6.07, 6.45) is 1.18. The molecular formula is C10H21ClN2O2. The van der Waals surface area contributed by atoms with Gasteiger partial charge in [0.25, 0.3) is 0 Å². The molecule has 1 atom stereocenters. The Hall–Kier alpha value is -0.320. The molecule has 1 fully saturated rings.